The van der Waals surface area contributed by atoms with Crippen LogP contribution in [-0.4, -0.2) is 15.6 Å². The van der Waals surface area contributed by atoms with Crippen LogP contribution in [0.2, 0.25) is 0 Å². The van der Waals surface area contributed by atoms with E-state index < -0.39 is 0 Å². The number of aryl methyl sites for hydroxylation is 1. The Balaban J connectivity index is 1.58. The lowest BCUT2D eigenvalue weighted by atomic mass is 9.75. The molecule has 0 aliphatic heterocycles. The van der Waals surface area contributed by atoms with Crippen LogP contribution < -0.4 is 5.32 Å². The Morgan fingerprint density at radius 1 is 1.35 bits per heavy atom. The van der Waals surface area contributed by atoms with Gasteiger partial charge in [0.25, 0.3) is 0 Å². The molecule has 0 radical (unpaired) electrons. The van der Waals surface area contributed by atoms with Crippen molar-refractivity contribution in [1.29, 1.82) is 0 Å². The predicted octanol–water partition coefficient (Wildman–Crippen LogP) is 3.20. The molecule has 88 valence electrons. The Kier molecular flexibility index (Phi) is 2.81. The van der Waals surface area contributed by atoms with E-state index in [0.717, 1.165) is 5.00 Å². The van der Waals surface area contributed by atoms with Crippen molar-refractivity contribution in [1.82, 2.24) is 9.59 Å². The zero-order valence-corrected chi connectivity index (χ0v) is 10.6. The largest absolute Gasteiger partial charge is 0.372 e. The molecule has 1 aliphatic carbocycles. The molecule has 1 saturated carbocycles. The SMILES string of the molecule is Cc1cccc(C2CC(Nc3cnns3)C2)c1. The molecule has 0 spiro atoms. The van der Waals surface area contributed by atoms with Crippen molar-refractivity contribution < 1.29 is 0 Å². The number of nitrogens with one attached hydrogen (secondary N) is 1. The van der Waals surface area contributed by atoms with Gasteiger partial charge in [0.05, 0.1) is 6.20 Å². The quantitative estimate of drug-likeness (QED) is 0.902. The van der Waals surface area contributed by atoms with E-state index in [1.54, 1.807) is 6.20 Å². The average molecular weight is 245 g/mol. The van der Waals surface area contributed by atoms with Crippen LogP contribution in [0.5, 0.6) is 0 Å². The summed E-state index contributed by atoms with van der Waals surface area (Å²) >= 11 is 1.43. The highest BCUT2D eigenvalue weighted by Gasteiger charge is 2.30. The molecular weight excluding hydrogens is 230 g/mol. The lowest BCUT2D eigenvalue weighted by Gasteiger charge is -2.36. The summed E-state index contributed by atoms with van der Waals surface area (Å²) in [5, 5.41) is 8.38. The van der Waals surface area contributed by atoms with Gasteiger partial charge in [-0.1, -0.05) is 34.3 Å². The number of benzene rings is 1. The van der Waals surface area contributed by atoms with Gasteiger partial charge in [0, 0.05) is 17.6 Å². The van der Waals surface area contributed by atoms with Crippen LogP contribution in [0.3, 0.4) is 0 Å². The molecular formula is C13H15N3S. The fourth-order valence-corrected chi connectivity index (χ4v) is 2.86. The highest BCUT2D eigenvalue weighted by atomic mass is 32.1. The first-order valence-corrected chi connectivity index (χ1v) is 6.69. The first-order valence-electron chi connectivity index (χ1n) is 5.92. The molecule has 0 atom stereocenters. The number of anilines is 1. The molecule has 1 fully saturated rings. The zero-order valence-electron chi connectivity index (χ0n) is 9.76. The van der Waals surface area contributed by atoms with Crippen molar-refractivity contribution in [2.24, 2.45) is 0 Å². The van der Waals surface area contributed by atoms with E-state index >= 15 is 0 Å². The maximum atomic E-state index is 3.85. The maximum Gasteiger partial charge on any atom is 0.130 e. The molecule has 1 aliphatic rings. The van der Waals surface area contributed by atoms with Crippen molar-refractivity contribution in [2.75, 3.05) is 5.32 Å². The van der Waals surface area contributed by atoms with Crippen molar-refractivity contribution in [2.45, 2.75) is 31.7 Å². The van der Waals surface area contributed by atoms with Crippen LogP contribution in [0.25, 0.3) is 0 Å². The lowest BCUT2D eigenvalue weighted by Crippen LogP contribution is -2.33. The van der Waals surface area contributed by atoms with Crippen LogP contribution in [0.15, 0.2) is 30.5 Å². The number of nitrogens with zero attached hydrogens (tertiary/aromatic N) is 2. The topological polar surface area (TPSA) is 37.8 Å². The van der Waals surface area contributed by atoms with E-state index in [2.05, 4.69) is 46.1 Å². The molecule has 1 aromatic heterocycles. The van der Waals surface area contributed by atoms with Crippen LogP contribution in [0.4, 0.5) is 5.00 Å². The first-order chi connectivity index (χ1) is 8.31. The average Bonchev–Trinajstić information content (AvgIpc) is 2.75. The van der Waals surface area contributed by atoms with Gasteiger partial charge in [-0.3, -0.25) is 0 Å². The molecule has 1 N–H and O–H groups in total. The van der Waals surface area contributed by atoms with Crippen LogP contribution in [-0.2, 0) is 0 Å². The highest BCUT2D eigenvalue weighted by molar-refractivity contribution is 7.09. The predicted molar refractivity (Wildman–Crippen MR) is 70.5 cm³/mol. The fourth-order valence-electron chi connectivity index (χ4n) is 2.36. The van der Waals surface area contributed by atoms with Crippen molar-refractivity contribution >= 4 is 16.5 Å². The Labute approximate surface area is 105 Å². The van der Waals surface area contributed by atoms with E-state index in [-0.39, 0.29) is 0 Å². The van der Waals surface area contributed by atoms with Gasteiger partial charge in [-0.2, -0.15) is 0 Å². The second-order valence-electron chi connectivity index (χ2n) is 4.71. The van der Waals surface area contributed by atoms with Crippen LogP contribution >= 0.6 is 11.5 Å². The number of rotatable bonds is 3. The van der Waals surface area contributed by atoms with Gasteiger partial charge in [0.15, 0.2) is 0 Å². The Morgan fingerprint density at radius 3 is 2.94 bits per heavy atom. The van der Waals surface area contributed by atoms with E-state index in [1.165, 1.54) is 35.5 Å². The molecule has 2 aromatic rings. The van der Waals surface area contributed by atoms with E-state index in [4.69, 9.17) is 0 Å². The van der Waals surface area contributed by atoms with E-state index in [0.29, 0.717) is 12.0 Å². The third-order valence-corrected chi connectivity index (χ3v) is 3.96. The summed E-state index contributed by atoms with van der Waals surface area (Å²) in [6, 6.07) is 9.43. The summed E-state index contributed by atoms with van der Waals surface area (Å²) in [6.45, 7) is 2.15. The molecule has 0 amide bonds. The molecule has 1 aromatic carbocycles. The normalized spacial score (nSPS) is 23.1. The number of aromatic nitrogens is 2. The maximum absolute atomic E-state index is 3.85. The van der Waals surface area contributed by atoms with E-state index in [1.807, 2.05) is 0 Å². The minimum Gasteiger partial charge on any atom is -0.372 e. The Morgan fingerprint density at radius 2 is 2.24 bits per heavy atom. The minimum absolute atomic E-state index is 0.586. The molecule has 0 unspecified atom stereocenters. The number of hydrogen-bond acceptors (Lipinski definition) is 4. The summed E-state index contributed by atoms with van der Waals surface area (Å²) in [5.74, 6) is 0.716. The molecule has 0 saturated heterocycles. The van der Waals surface area contributed by atoms with Crippen molar-refractivity contribution in [3.8, 4) is 0 Å². The van der Waals surface area contributed by atoms with Crippen molar-refractivity contribution in [3.05, 3.63) is 41.6 Å². The zero-order chi connectivity index (χ0) is 11.7. The summed E-state index contributed by atoms with van der Waals surface area (Å²) in [6.07, 6.45) is 4.22. The van der Waals surface area contributed by atoms with Gasteiger partial charge in [-0.25, -0.2) is 0 Å². The third-order valence-electron chi connectivity index (χ3n) is 3.36. The van der Waals surface area contributed by atoms with Gasteiger partial charge in [-0.15, -0.1) is 5.10 Å². The molecule has 4 heteroatoms. The van der Waals surface area contributed by atoms with Gasteiger partial charge in [-0.05, 0) is 31.2 Å². The second kappa shape index (κ2) is 4.45. The second-order valence-corrected chi connectivity index (χ2v) is 5.49. The molecule has 1 heterocycles. The third kappa shape index (κ3) is 2.31. The summed E-state index contributed by atoms with van der Waals surface area (Å²) in [5.41, 5.74) is 2.83. The summed E-state index contributed by atoms with van der Waals surface area (Å²) < 4.78 is 3.85. The van der Waals surface area contributed by atoms with E-state index in [9.17, 15) is 0 Å². The molecule has 0 bridgehead atoms. The van der Waals surface area contributed by atoms with Gasteiger partial charge >= 0.3 is 0 Å². The standard InChI is InChI=1S/C13H15N3S/c1-9-3-2-4-10(5-9)11-6-12(7-11)15-13-8-14-16-17-13/h2-5,8,11-12,15H,6-7H2,1H3. The summed E-state index contributed by atoms with van der Waals surface area (Å²) in [4.78, 5) is 0. The molecule has 17 heavy (non-hydrogen) atoms. The highest BCUT2D eigenvalue weighted by Crippen LogP contribution is 2.38. The first kappa shape index (κ1) is 10.7. The Bertz CT molecular complexity index is 489. The monoisotopic (exact) mass is 245 g/mol. The smallest absolute Gasteiger partial charge is 0.130 e. The molecule has 3 rings (SSSR count). The van der Waals surface area contributed by atoms with Crippen molar-refractivity contribution in [3.63, 3.8) is 0 Å². The lowest BCUT2D eigenvalue weighted by molar-refractivity contribution is 0.374. The fraction of sp³-hybridized carbons (Fsp3) is 0.385. The van der Waals surface area contributed by atoms with Gasteiger partial charge in [0.1, 0.15) is 5.00 Å². The van der Waals surface area contributed by atoms with Gasteiger partial charge in [0.2, 0.25) is 0 Å². The Hall–Kier alpha value is -1.42. The van der Waals surface area contributed by atoms with Gasteiger partial charge < -0.3 is 5.32 Å². The minimum atomic E-state index is 0.586. The molecule has 3 nitrogen and oxygen atoms in total. The van der Waals surface area contributed by atoms with Crippen LogP contribution in [0.1, 0.15) is 29.9 Å². The number of hydrogen-bond donors (Lipinski definition) is 1. The van der Waals surface area contributed by atoms with Crippen LogP contribution in [0, 0.1) is 6.92 Å². The summed E-state index contributed by atoms with van der Waals surface area (Å²) in [7, 11) is 0.